The van der Waals surface area contributed by atoms with Crippen molar-refractivity contribution in [3.8, 4) is 6.07 Å². The second-order valence-electron chi connectivity index (χ2n) is 6.40. The number of carbonyl (C=O) groups excluding carboxylic acids is 2. The van der Waals surface area contributed by atoms with Crippen LogP contribution in [0.3, 0.4) is 0 Å². The number of allylic oxidation sites excluding steroid dienone is 1. The molecule has 1 aromatic carbocycles. The summed E-state index contributed by atoms with van der Waals surface area (Å²) in [5.74, 6) is -1.39. The first kappa shape index (κ1) is 22.7. The van der Waals surface area contributed by atoms with Crippen LogP contribution >= 0.6 is 23.1 Å². The van der Waals surface area contributed by atoms with Crippen molar-refractivity contribution in [1.29, 1.82) is 5.26 Å². The minimum absolute atomic E-state index is 0.0509. The molecule has 1 atom stereocenters. The minimum atomic E-state index is -0.592. The summed E-state index contributed by atoms with van der Waals surface area (Å²) in [6, 6.07) is 15.5. The van der Waals surface area contributed by atoms with Gasteiger partial charge in [-0.25, -0.2) is 4.79 Å². The van der Waals surface area contributed by atoms with Crippen LogP contribution in [0.1, 0.15) is 30.2 Å². The summed E-state index contributed by atoms with van der Waals surface area (Å²) in [6.45, 7) is 4.00. The van der Waals surface area contributed by atoms with Crippen molar-refractivity contribution in [2.24, 2.45) is 0 Å². The Bertz CT molecular complexity index is 1040. The maximum atomic E-state index is 13.1. The van der Waals surface area contributed by atoms with Gasteiger partial charge >= 0.3 is 11.9 Å². The SMILES string of the molecule is CCOC(=O)CSC1=C(C#N)C(c2cccs2)C(C(=O)OCC)=C(c2ccccc2)N1. The van der Waals surface area contributed by atoms with Gasteiger partial charge in [0, 0.05) is 4.88 Å². The van der Waals surface area contributed by atoms with Gasteiger partial charge in [0.25, 0.3) is 0 Å². The highest BCUT2D eigenvalue weighted by Gasteiger charge is 2.37. The van der Waals surface area contributed by atoms with Crippen LogP contribution in [0.4, 0.5) is 0 Å². The van der Waals surface area contributed by atoms with E-state index in [1.54, 1.807) is 13.8 Å². The van der Waals surface area contributed by atoms with Crippen molar-refractivity contribution < 1.29 is 19.1 Å². The van der Waals surface area contributed by atoms with Crippen LogP contribution in [0.2, 0.25) is 0 Å². The van der Waals surface area contributed by atoms with E-state index in [0.29, 0.717) is 21.9 Å². The summed E-state index contributed by atoms with van der Waals surface area (Å²) in [4.78, 5) is 25.9. The molecule has 1 N–H and O–H groups in total. The van der Waals surface area contributed by atoms with Crippen molar-refractivity contribution in [1.82, 2.24) is 5.32 Å². The maximum Gasteiger partial charge on any atom is 0.337 e. The number of hydrogen-bond acceptors (Lipinski definition) is 8. The number of thiophene rings is 1. The zero-order chi connectivity index (χ0) is 22.2. The Kier molecular flexibility index (Phi) is 7.93. The Hall–Kier alpha value is -3.02. The van der Waals surface area contributed by atoms with Gasteiger partial charge in [0.05, 0.1) is 52.8 Å². The lowest BCUT2D eigenvalue weighted by atomic mass is 9.85. The number of esters is 2. The van der Waals surface area contributed by atoms with E-state index in [1.165, 1.54) is 23.1 Å². The van der Waals surface area contributed by atoms with E-state index >= 15 is 0 Å². The van der Waals surface area contributed by atoms with E-state index in [1.807, 2.05) is 47.8 Å². The molecule has 0 saturated heterocycles. The molecule has 0 saturated carbocycles. The monoisotopic (exact) mass is 454 g/mol. The smallest absolute Gasteiger partial charge is 0.337 e. The van der Waals surface area contributed by atoms with Gasteiger partial charge < -0.3 is 14.8 Å². The third-order valence-electron chi connectivity index (χ3n) is 4.48. The average molecular weight is 455 g/mol. The first-order valence-electron chi connectivity index (χ1n) is 9.80. The third kappa shape index (κ3) is 5.19. The van der Waals surface area contributed by atoms with Crippen LogP contribution in [0.25, 0.3) is 5.70 Å². The number of thioether (sulfide) groups is 1. The van der Waals surface area contributed by atoms with Crippen LogP contribution in [-0.2, 0) is 19.1 Å². The molecule has 160 valence electrons. The quantitative estimate of drug-likeness (QED) is 0.590. The zero-order valence-corrected chi connectivity index (χ0v) is 18.8. The Morgan fingerprint density at radius 3 is 2.48 bits per heavy atom. The Morgan fingerprint density at radius 2 is 1.87 bits per heavy atom. The third-order valence-corrected chi connectivity index (χ3v) is 6.40. The number of rotatable bonds is 8. The Labute approximate surface area is 189 Å². The van der Waals surface area contributed by atoms with E-state index in [2.05, 4.69) is 11.4 Å². The molecule has 2 aromatic rings. The topological polar surface area (TPSA) is 88.4 Å². The number of nitriles is 1. The van der Waals surface area contributed by atoms with Crippen molar-refractivity contribution in [3.05, 3.63) is 74.5 Å². The molecule has 3 rings (SSSR count). The van der Waals surface area contributed by atoms with Crippen LogP contribution in [0, 0.1) is 11.3 Å². The lowest BCUT2D eigenvalue weighted by molar-refractivity contribution is -0.140. The summed E-state index contributed by atoms with van der Waals surface area (Å²) >= 11 is 2.66. The molecule has 6 nitrogen and oxygen atoms in total. The molecular weight excluding hydrogens is 432 g/mol. The fraction of sp³-hybridized carbons (Fsp3) is 0.261. The molecule has 1 aromatic heterocycles. The number of ether oxygens (including phenoxy) is 2. The van der Waals surface area contributed by atoms with Crippen LogP contribution in [0.5, 0.6) is 0 Å². The summed E-state index contributed by atoms with van der Waals surface area (Å²) in [5, 5.41) is 15.7. The molecule has 1 aliphatic rings. The average Bonchev–Trinajstić information content (AvgIpc) is 3.32. The van der Waals surface area contributed by atoms with E-state index < -0.39 is 11.9 Å². The highest BCUT2D eigenvalue weighted by Crippen LogP contribution is 2.44. The molecule has 31 heavy (non-hydrogen) atoms. The van der Waals surface area contributed by atoms with Crippen molar-refractivity contribution >= 4 is 40.7 Å². The first-order valence-corrected chi connectivity index (χ1v) is 11.7. The fourth-order valence-electron chi connectivity index (χ4n) is 3.23. The van der Waals surface area contributed by atoms with Gasteiger partial charge in [-0.15, -0.1) is 11.3 Å². The van der Waals surface area contributed by atoms with Crippen molar-refractivity contribution in [3.63, 3.8) is 0 Å². The molecule has 1 unspecified atom stereocenters. The number of hydrogen-bond donors (Lipinski definition) is 1. The molecule has 0 fully saturated rings. The lowest BCUT2D eigenvalue weighted by Crippen LogP contribution is -2.29. The Balaban J connectivity index is 2.15. The minimum Gasteiger partial charge on any atom is -0.465 e. The molecule has 2 heterocycles. The standard InChI is InChI=1S/C23H22N2O4S2/c1-3-28-18(26)14-31-22-16(13-24)19(17-11-8-12-30-17)20(23(27)29-4-2)21(25-22)15-9-6-5-7-10-15/h5-12,19,25H,3-4,14H2,1-2H3. The predicted molar refractivity (Wildman–Crippen MR) is 122 cm³/mol. The zero-order valence-electron chi connectivity index (χ0n) is 17.2. The summed E-state index contributed by atoms with van der Waals surface area (Å²) in [6.07, 6.45) is 0. The molecular formula is C23H22N2O4S2. The van der Waals surface area contributed by atoms with E-state index in [4.69, 9.17) is 9.47 Å². The fourth-order valence-corrected chi connectivity index (χ4v) is 4.91. The molecule has 1 aliphatic heterocycles. The maximum absolute atomic E-state index is 13.1. The molecule has 0 amide bonds. The lowest BCUT2D eigenvalue weighted by Gasteiger charge is -2.30. The first-order chi connectivity index (χ1) is 15.1. The molecule has 0 radical (unpaired) electrons. The van der Waals surface area contributed by atoms with E-state index in [-0.39, 0.29) is 24.9 Å². The molecule has 8 heteroatoms. The Morgan fingerprint density at radius 1 is 1.13 bits per heavy atom. The van der Waals surface area contributed by atoms with Gasteiger partial charge in [-0.05, 0) is 30.9 Å². The van der Waals surface area contributed by atoms with Gasteiger partial charge in [0.15, 0.2) is 0 Å². The van der Waals surface area contributed by atoms with Crippen molar-refractivity contribution in [2.45, 2.75) is 19.8 Å². The molecule has 0 aliphatic carbocycles. The number of benzene rings is 1. The number of dihydropyridines is 1. The van der Waals surface area contributed by atoms with E-state index in [0.717, 1.165) is 10.4 Å². The summed E-state index contributed by atoms with van der Waals surface area (Å²) < 4.78 is 10.4. The second-order valence-corrected chi connectivity index (χ2v) is 8.36. The van der Waals surface area contributed by atoms with Crippen LogP contribution in [-0.4, -0.2) is 30.9 Å². The second kappa shape index (κ2) is 10.8. The largest absolute Gasteiger partial charge is 0.465 e. The number of nitrogens with zero attached hydrogens (tertiary/aromatic N) is 1. The van der Waals surface area contributed by atoms with Gasteiger partial charge in [-0.3, -0.25) is 4.79 Å². The van der Waals surface area contributed by atoms with Gasteiger partial charge in [-0.2, -0.15) is 5.26 Å². The predicted octanol–water partition coefficient (Wildman–Crippen LogP) is 4.44. The number of nitrogens with one attached hydrogen (secondary N) is 1. The van der Waals surface area contributed by atoms with Gasteiger partial charge in [0.1, 0.15) is 0 Å². The normalized spacial score (nSPS) is 15.8. The van der Waals surface area contributed by atoms with Gasteiger partial charge in [0.2, 0.25) is 0 Å². The van der Waals surface area contributed by atoms with Crippen LogP contribution in [0.15, 0.2) is 64.0 Å². The summed E-state index contributed by atoms with van der Waals surface area (Å²) in [5.41, 5.74) is 2.12. The highest BCUT2D eigenvalue weighted by atomic mass is 32.2. The molecule has 0 bridgehead atoms. The highest BCUT2D eigenvalue weighted by molar-refractivity contribution is 8.03. The van der Waals surface area contributed by atoms with Crippen molar-refractivity contribution in [2.75, 3.05) is 19.0 Å². The summed E-state index contributed by atoms with van der Waals surface area (Å²) in [7, 11) is 0. The number of carbonyl (C=O) groups is 2. The molecule has 0 spiro atoms. The van der Waals surface area contributed by atoms with Crippen LogP contribution < -0.4 is 5.32 Å². The van der Waals surface area contributed by atoms with Gasteiger partial charge in [-0.1, -0.05) is 48.2 Å². The van der Waals surface area contributed by atoms with E-state index in [9.17, 15) is 14.9 Å².